The molecule has 0 saturated carbocycles. The Hall–Kier alpha value is -1.78. The van der Waals surface area contributed by atoms with E-state index in [1.807, 2.05) is 0 Å². The van der Waals surface area contributed by atoms with Crippen LogP contribution in [-0.4, -0.2) is 28.6 Å². The molecule has 0 unspecified atom stereocenters. The van der Waals surface area contributed by atoms with E-state index < -0.39 is 10.1 Å². The van der Waals surface area contributed by atoms with Crippen LogP contribution >= 0.6 is 31.9 Å². The summed E-state index contributed by atoms with van der Waals surface area (Å²) in [7, 11) is -3.94. The topological polar surface area (TPSA) is 87.0 Å². The highest BCUT2D eigenvalue weighted by Gasteiger charge is 2.20. The quantitative estimate of drug-likeness (QED) is 0.557. The van der Waals surface area contributed by atoms with Gasteiger partial charge < -0.3 is 4.18 Å². The van der Waals surface area contributed by atoms with E-state index in [4.69, 9.17) is 4.18 Å². The Morgan fingerprint density at radius 1 is 1.04 bits per heavy atom. The van der Waals surface area contributed by atoms with Crippen LogP contribution in [0.2, 0.25) is 0 Å². The first-order chi connectivity index (χ1) is 11.0. The largest absolute Gasteiger partial charge is 0.379 e. The van der Waals surface area contributed by atoms with Gasteiger partial charge in [-0.25, -0.2) is 4.68 Å². The molecule has 0 fully saturated rings. The zero-order valence-electron chi connectivity index (χ0n) is 11.3. The Morgan fingerprint density at radius 3 is 2.39 bits per heavy atom. The van der Waals surface area contributed by atoms with Gasteiger partial charge in [0.05, 0.1) is 5.69 Å². The van der Waals surface area contributed by atoms with Crippen molar-refractivity contribution < 1.29 is 12.6 Å². The van der Waals surface area contributed by atoms with Crippen LogP contribution in [0, 0.1) is 0 Å². The van der Waals surface area contributed by atoms with Crippen molar-refractivity contribution in [3.8, 4) is 11.4 Å². The molecule has 0 N–H and O–H groups in total. The highest BCUT2D eigenvalue weighted by molar-refractivity contribution is 9.11. The fraction of sp³-hybridized carbons (Fsp3) is 0. The van der Waals surface area contributed by atoms with Crippen molar-refractivity contribution in [1.82, 2.24) is 20.2 Å². The van der Waals surface area contributed by atoms with Crippen molar-refractivity contribution in [3.63, 3.8) is 0 Å². The molecule has 1 heterocycles. The first-order valence-electron chi connectivity index (χ1n) is 6.19. The summed E-state index contributed by atoms with van der Waals surface area (Å²) in [5, 5.41) is 10.8. The number of halogens is 2. The summed E-state index contributed by atoms with van der Waals surface area (Å²) < 4.78 is 32.5. The fourth-order valence-corrected chi connectivity index (χ4v) is 4.41. The normalized spacial score (nSPS) is 11.4. The summed E-state index contributed by atoms with van der Waals surface area (Å²) in [6.07, 6.45) is 1.44. The lowest BCUT2D eigenvalue weighted by Gasteiger charge is -2.09. The van der Waals surface area contributed by atoms with Gasteiger partial charge in [0.25, 0.3) is 0 Å². The number of rotatable bonds is 4. The van der Waals surface area contributed by atoms with E-state index in [1.54, 1.807) is 24.3 Å². The molecular formula is C13H8Br2N4O3S. The lowest BCUT2D eigenvalue weighted by molar-refractivity contribution is 0.485. The predicted molar refractivity (Wildman–Crippen MR) is 88.8 cm³/mol. The molecule has 0 saturated heterocycles. The third-order valence-electron chi connectivity index (χ3n) is 2.82. The van der Waals surface area contributed by atoms with Crippen LogP contribution in [-0.2, 0) is 10.1 Å². The van der Waals surface area contributed by atoms with Gasteiger partial charge in [-0.2, -0.15) is 8.42 Å². The number of aromatic nitrogens is 4. The van der Waals surface area contributed by atoms with Crippen LogP contribution in [0.15, 0.2) is 62.6 Å². The van der Waals surface area contributed by atoms with Gasteiger partial charge in [-0.15, -0.1) is 5.10 Å². The van der Waals surface area contributed by atoms with Crippen molar-refractivity contribution in [3.05, 3.63) is 57.7 Å². The Morgan fingerprint density at radius 2 is 1.78 bits per heavy atom. The van der Waals surface area contributed by atoms with Crippen molar-refractivity contribution in [2.45, 2.75) is 4.90 Å². The molecule has 10 heteroatoms. The average molecular weight is 460 g/mol. The maximum Gasteiger partial charge on any atom is 0.340 e. The second-order valence-electron chi connectivity index (χ2n) is 4.36. The van der Waals surface area contributed by atoms with E-state index in [1.165, 1.54) is 29.2 Å². The molecule has 7 nitrogen and oxygen atoms in total. The number of nitrogens with zero attached hydrogens (tertiary/aromatic N) is 4. The standard InChI is InChI=1S/C13H8Br2N4O3S/c14-9-1-6-13(12(15)7-9)23(20,21)22-11-4-2-10(3-5-11)19-8-16-17-18-19/h1-8H. The Balaban J connectivity index is 1.86. The van der Waals surface area contributed by atoms with Gasteiger partial charge in [-0.05, 0) is 68.8 Å². The summed E-state index contributed by atoms with van der Waals surface area (Å²) in [5.74, 6) is 0.191. The van der Waals surface area contributed by atoms with E-state index >= 15 is 0 Å². The third kappa shape index (κ3) is 3.59. The number of benzene rings is 2. The number of tetrazole rings is 1. The highest BCUT2D eigenvalue weighted by Crippen LogP contribution is 2.28. The summed E-state index contributed by atoms with van der Waals surface area (Å²) in [6, 6.07) is 11.1. The molecule has 0 bridgehead atoms. The predicted octanol–water partition coefficient (Wildman–Crippen LogP) is 2.96. The van der Waals surface area contributed by atoms with E-state index in [0.717, 1.165) is 4.47 Å². The SMILES string of the molecule is O=S(=O)(Oc1ccc(-n2cnnn2)cc1)c1ccc(Br)cc1Br. The maximum atomic E-state index is 12.3. The third-order valence-corrected chi connectivity index (χ3v) is 5.54. The summed E-state index contributed by atoms with van der Waals surface area (Å²) in [5.41, 5.74) is 0.685. The van der Waals surface area contributed by atoms with Crippen LogP contribution in [0.1, 0.15) is 0 Å². The second kappa shape index (κ2) is 6.38. The minimum Gasteiger partial charge on any atom is -0.379 e. The molecule has 0 atom stereocenters. The lowest BCUT2D eigenvalue weighted by atomic mass is 10.3. The van der Waals surface area contributed by atoms with Crippen LogP contribution in [0.4, 0.5) is 0 Å². The minimum absolute atomic E-state index is 0.0465. The maximum absolute atomic E-state index is 12.3. The molecular weight excluding hydrogens is 452 g/mol. The van der Waals surface area contributed by atoms with Gasteiger partial charge in [0.15, 0.2) is 0 Å². The molecule has 0 aliphatic heterocycles. The van der Waals surface area contributed by atoms with Crippen LogP contribution < -0.4 is 4.18 Å². The number of hydrogen-bond acceptors (Lipinski definition) is 6. The van der Waals surface area contributed by atoms with Crippen molar-refractivity contribution in [2.24, 2.45) is 0 Å². The Labute approximate surface area is 148 Å². The van der Waals surface area contributed by atoms with Gasteiger partial charge in [0.2, 0.25) is 0 Å². The average Bonchev–Trinajstić information content (AvgIpc) is 3.01. The second-order valence-corrected chi connectivity index (χ2v) is 7.65. The van der Waals surface area contributed by atoms with E-state index in [0.29, 0.717) is 10.2 Å². The zero-order chi connectivity index (χ0) is 16.4. The summed E-state index contributed by atoms with van der Waals surface area (Å²) in [6.45, 7) is 0. The molecule has 0 amide bonds. The van der Waals surface area contributed by atoms with E-state index in [2.05, 4.69) is 47.4 Å². The van der Waals surface area contributed by atoms with Crippen LogP contribution in [0.5, 0.6) is 5.75 Å². The first kappa shape index (κ1) is 16.1. The minimum atomic E-state index is -3.94. The molecule has 2 aromatic carbocycles. The van der Waals surface area contributed by atoms with Crippen molar-refractivity contribution in [2.75, 3.05) is 0 Å². The van der Waals surface area contributed by atoms with Gasteiger partial charge in [-0.1, -0.05) is 15.9 Å². The molecule has 1 aromatic heterocycles. The Bertz CT molecular complexity index is 928. The molecule has 0 aliphatic carbocycles. The lowest BCUT2D eigenvalue weighted by Crippen LogP contribution is -2.10. The molecule has 3 aromatic rings. The molecule has 23 heavy (non-hydrogen) atoms. The summed E-state index contributed by atoms with van der Waals surface area (Å²) in [4.78, 5) is 0.0465. The Kier molecular flexibility index (Phi) is 4.46. The molecule has 0 radical (unpaired) electrons. The van der Waals surface area contributed by atoms with Gasteiger partial charge in [-0.3, -0.25) is 0 Å². The smallest absolute Gasteiger partial charge is 0.340 e. The molecule has 118 valence electrons. The van der Waals surface area contributed by atoms with Crippen LogP contribution in [0.3, 0.4) is 0 Å². The van der Waals surface area contributed by atoms with E-state index in [9.17, 15) is 8.42 Å². The summed E-state index contributed by atoms with van der Waals surface area (Å²) >= 11 is 6.49. The highest BCUT2D eigenvalue weighted by atomic mass is 79.9. The van der Waals surface area contributed by atoms with Crippen LogP contribution in [0.25, 0.3) is 5.69 Å². The van der Waals surface area contributed by atoms with E-state index in [-0.39, 0.29) is 10.6 Å². The fourth-order valence-electron chi connectivity index (χ4n) is 1.78. The van der Waals surface area contributed by atoms with Gasteiger partial charge >= 0.3 is 10.1 Å². The molecule has 0 spiro atoms. The van der Waals surface area contributed by atoms with Gasteiger partial charge in [0, 0.05) is 8.95 Å². The van der Waals surface area contributed by atoms with Crippen molar-refractivity contribution in [1.29, 1.82) is 0 Å². The van der Waals surface area contributed by atoms with Crippen molar-refractivity contribution >= 4 is 42.0 Å². The number of hydrogen-bond donors (Lipinski definition) is 0. The zero-order valence-corrected chi connectivity index (χ0v) is 15.3. The molecule has 0 aliphatic rings. The molecule has 3 rings (SSSR count). The first-order valence-corrected chi connectivity index (χ1v) is 9.18. The monoisotopic (exact) mass is 458 g/mol. The van der Waals surface area contributed by atoms with Gasteiger partial charge in [0.1, 0.15) is 17.0 Å².